The Hall–Kier alpha value is -1.53. The van der Waals surface area contributed by atoms with Crippen molar-refractivity contribution >= 4 is 34.0 Å². The lowest BCUT2D eigenvalue weighted by atomic mass is 10.1. The third-order valence-electron chi connectivity index (χ3n) is 2.17. The zero-order valence-corrected chi connectivity index (χ0v) is 11.0. The van der Waals surface area contributed by atoms with Gasteiger partial charge in [0.15, 0.2) is 0 Å². The van der Waals surface area contributed by atoms with E-state index >= 15 is 0 Å². The number of anilines is 1. The van der Waals surface area contributed by atoms with Crippen LogP contribution in [0.15, 0.2) is 18.2 Å². The molecule has 1 aromatic heterocycles. The second-order valence-electron chi connectivity index (χ2n) is 3.55. The molecule has 1 heterocycles. The van der Waals surface area contributed by atoms with E-state index in [1.807, 2.05) is 0 Å². The van der Waals surface area contributed by atoms with Crippen LogP contribution in [0.3, 0.4) is 0 Å². The second kappa shape index (κ2) is 5.41. The molecule has 1 amide bonds. The monoisotopic (exact) mass is 285 g/mol. The molecular weight excluding hydrogens is 277 g/mol. The number of nitrogens with one attached hydrogen (secondary N) is 1. The lowest BCUT2D eigenvalue weighted by molar-refractivity contribution is -0.115. The molecule has 0 atom stereocenters. The molecule has 1 N–H and O–H groups in total. The lowest BCUT2D eigenvalue weighted by Crippen LogP contribution is -2.15. The number of carbonyl (C=O) groups is 1. The molecule has 0 spiro atoms. The SMILES string of the molecule is Cc1nnc(NC(=O)Cc2c(F)cccc2Cl)s1. The van der Waals surface area contributed by atoms with Crippen molar-refractivity contribution in [1.29, 1.82) is 0 Å². The van der Waals surface area contributed by atoms with Gasteiger partial charge in [-0.25, -0.2) is 4.39 Å². The van der Waals surface area contributed by atoms with Gasteiger partial charge in [-0.2, -0.15) is 0 Å². The molecule has 0 unspecified atom stereocenters. The van der Waals surface area contributed by atoms with Gasteiger partial charge in [0, 0.05) is 10.6 Å². The van der Waals surface area contributed by atoms with Crippen molar-refractivity contribution < 1.29 is 9.18 Å². The fourth-order valence-corrected chi connectivity index (χ4v) is 2.21. The summed E-state index contributed by atoms with van der Waals surface area (Å²) in [7, 11) is 0. The number of aromatic nitrogens is 2. The molecule has 7 heteroatoms. The minimum Gasteiger partial charge on any atom is -0.300 e. The number of halogens is 2. The summed E-state index contributed by atoms with van der Waals surface area (Å²) in [6, 6.07) is 4.30. The van der Waals surface area contributed by atoms with Gasteiger partial charge in [0.1, 0.15) is 10.8 Å². The number of rotatable bonds is 3. The van der Waals surface area contributed by atoms with Crippen molar-refractivity contribution in [2.24, 2.45) is 0 Å². The zero-order chi connectivity index (χ0) is 13.1. The van der Waals surface area contributed by atoms with Gasteiger partial charge >= 0.3 is 0 Å². The molecule has 0 aliphatic rings. The third-order valence-corrected chi connectivity index (χ3v) is 3.28. The molecule has 0 aliphatic carbocycles. The first-order valence-electron chi connectivity index (χ1n) is 5.09. The van der Waals surface area contributed by atoms with Crippen LogP contribution in [0.2, 0.25) is 5.02 Å². The predicted molar refractivity (Wildman–Crippen MR) is 68.4 cm³/mol. The number of carbonyl (C=O) groups excluding carboxylic acids is 1. The van der Waals surface area contributed by atoms with Crippen LogP contribution in [0.5, 0.6) is 0 Å². The van der Waals surface area contributed by atoms with Gasteiger partial charge in [-0.15, -0.1) is 10.2 Å². The van der Waals surface area contributed by atoms with Crippen LogP contribution in [0, 0.1) is 12.7 Å². The summed E-state index contributed by atoms with van der Waals surface area (Å²) in [5, 5.41) is 11.4. The number of benzene rings is 1. The Balaban J connectivity index is 2.08. The first-order valence-corrected chi connectivity index (χ1v) is 6.28. The highest BCUT2D eigenvalue weighted by molar-refractivity contribution is 7.15. The van der Waals surface area contributed by atoms with Crippen molar-refractivity contribution in [2.75, 3.05) is 5.32 Å². The zero-order valence-electron chi connectivity index (χ0n) is 9.41. The fourth-order valence-electron chi connectivity index (χ4n) is 1.37. The molecule has 94 valence electrons. The average molecular weight is 286 g/mol. The standard InChI is InChI=1S/C11H9ClFN3OS/c1-6-15-16-11(18-6)14-10(17)5-7-8(12)3-2-4-9(7)13/h2-4H,5H2,1H3,(H,14,16,17). The molecule has 18 heavy (non-hydrogen) atoms. The van der Waals surface area contributed by atoms with Crippen LogP contribution in [0.25, 0.3) is 0 Å². The summed E-state index contributed by atoms with van der Waals surface area (Å²) in [6.07, 6.45) is -0.135. The Morgan fingerprint density at radius 3 is 2.89 bits per heavy atom. The van der Waals surface area contributed by atoms with Gasteiger partial charge in [-0.3, -0.25) is 4.79 Å². The average Bonchev–Trinajstić information content (AvgIpc) is 2.69. The maximum Gasteiger partial charge on any atom is 0.230 e. The van der Waals surface area contributed by atoms with Crippen LogP contribution in [-0.4, -0.2) is 16.1 Å². The molecule has 0 aliphatic heterocycles. The van der Waals surface area contributed by atoms with E-state index in [1.54, 1.807) is 13.0 Å². The number of hydrogen-bond acceptors (Lipinski definition) is 4. The van der Waals surface area contributed by atoms with Crippen molar-refractivity contribution in [2.45, 2.75) is 13.3 Å². The molecule has 0 fully saturated rings. The Bertz CT molecular complexity index is 567. The van der Waals surface area contributed by atoms with Crippen LogP contribution in [-0.2, 0) is 11.2 Å². The second-order valence-corrected chi connectivity index (χ2v) is 5.14. The van der Waals surface area contributed by atoms with Gasteiger partial charge in [-0.05, 0) is 19.1 Å². The first-order chi connectivity index (χ1) is 8.56. The molecule has 2 rings (SSSR count). The van der Waals surface area contributed by atoms with E-state index in [-0.39, 0.29) is 22.9 Å². The molecule has 0 radical (unpaired) electrons. The van der Waals surface area contributed by atoms with Crippen LogP contribution >= 0.6 is 22.9 Å². The highest BCUT2D eigenvalue weighted by Gasteiger charge is 2.13. The topological polar surface area (TPSA) is 54.9 Å². The Morgan fingerprint density at radius 2 is 2.28 bits per heavy atom. The fraction of sp³-hybridized carbons (Fsp3) is 0.182. The predicted octanol–water partition coefficient (Wildman–Crippen LogP) is 2.82. The Labute approximate surface area is 112 Å². The maximum atomic E-state index is 13.5. The van der Waals surface area contributed by atoms with E-state index in [0.29, 0.717) is 5.13 Å². The molecule has 1 aromatic carbocycles. The lowest BCUT2D eigenvalue weighted by Gasteiger charge is -2.05. The molecule has 4 nitrogen and oxygen atoms in total. The highest BCUT2D eigenvalue weighted by atomic mass is 35.5. The summed E-state index contributed by atoms with van der Waals surface area (Å²) in [6.45, 7) is 1.78. The van der Waals surface area contributed by atoms with Gasteiger partial charge in [0.2, 0.25) is 11.0 Å². The molecule has 0 saturated carbocycles. The van der Waals surface area contributed by atoms with Crippen molar-refractivity contribution in [3.05, 3.63) is 39.6 Å². The maximum absolute atomic E-state index is 13.5. The van der Waals surface area contributed by atoms with Crippen LogP contribution in [0.1, 0.15) is 10.6 Å². The summed E-state index contributed by atoms with van der Waals surface area (Å²) < 4.78 is 13.5. The van der Waals surface area contributed by atoms with Gasteiger partial charge < -0.3 is 5.32 Å². The smallest absolute Gasteiger partial charge is 0.230 e. The molecule has 0 saturated heterocycles. The summed E-state index contributed by atoms with van der Waals surface area (Å²) in [5.74, 6) is -0.871. The van der Waals surface area contributed by atoms with Crippen LogP contribution < -0.4 is 5.32 Å². The quantitative estimate of drug-likeness (QED) is 0.943. The number of aryl methyl sites for hydroxylation is 1. The minimum atomic E-state index is -0.494. The van der Waals surface area contributed by atoms with Crippen molar-refractivity contribution in [3.63, 3.8) is 0 Å². The van der Waals surface area contributed by atoms with Crippen LogP contribution in [0.4, 0.5) is 9.52 Å². The van der Waals surface area contributed by atoms with E-state index in [9.17, 15) is 9.18 Å². The molecular formula is C11H9ClFN3OS. The summed E-state index contributed by atoms with van der Waals surface area (Å²) >= 11 is 7.09. The van der Waals surface area contributed by atoms with Gasteiger partial charge in [0.25, 0.3) is 0 Å². The normalized spacial score (nSPS) is 10.4. The van der Waals surface area contributed by atoms with E-state index < -0.39 is 5.82 Å². The summed E-state index contributed by atoms with van der Waals surface area (Å²) in [5.41, 5.74) is 0.179. The number of amides is 1. The van der Waals surface area contributed by atoms with Gasteiger partial charge in [0.05, 0.1) is 6.42 Å². The third kappa shape index (κ3) is 3.02. The van der Waals surface area contributed by atoms with E-state index in [1.165, 1.54) is 23.5 Å². The van der Waals surface area contributed by atoms with Crippen molar-refractivity contribution in [1.82, 2.24) is 10.2 Å². The van der Waals surface area contributed by atoms with E-state index in [2.05, 4.69) is 15.5 Å². The Morgan fingerprint density at radius 1 is 1.50 bits per heavy atom. The summed E-state index contributed by atoms with van der Waals surface area (Å²) in [4.78, 5) is 11.7. The van der Waals surface area contributed by atoms with E-state index in [0.717, 1.165) is 5.01 Å². The number of hydrogen-bond donors (Lipinski definition) is 1. The minimum absolute atomic E-state index is 0.135. The highest BCUT2D eigenvalue weighted by Crippen LogP contribution is 2.20. The van der Waals surface area contributed by atoms with Gasteiger partial charge in [-0.1, -0.05) is 29.0 Å². The molecule has 0 bridgehead atoms. The van der Waals surface area contributed by atoms with Crippen molar-refractivity contribution in [3.8, 4) is 0 Å². The number of nitrogens with zero attached hydrogens (tertiary/aromatic N) is 2. The first kappa shape index (κ1) is 12.9. The Kier molecular flexibility index (Phi) is 3.88. The largest absolute Gasteiger partial charge is 0.300 e. The van der Waals surface area contributed by atoms with E-state index in [4.69, 9.17) is 11.6 Å². The molecule has 2 aromatic rings.